The van der Waals surface area contributed by atoms with E-state index in [0.29, 0.717) is 0 Å². The van der Waals surface area contributed by atoms with Gasteiger partial charge in [-0.25, -0.2) is 0 Å². The van der Waals surface area contributed by atoms with Gasteiger partial charge in [0.25, 0.3) is 0 Å². The third-order valence-electron chi connectivity index (χ3n) is 3.27. The van der Waals surface area contributed by atoms with E-state index in [0.717, 1.165) is 45.6 Å². The quantitative estimate of drug-likeness (QED) is 0.731. The van der Waals surface area contributed by atoms with E-state index in [1.165, 1.54) is 0 Å². The van der Waals surface area contributed by atoms with Gasteiger partial charge in [0.15, 0.2) is 0 Å². The Bertz CT molecular complexity index is 585. The van der Waals surface area contributed by atoms with Crippen LogP contribution in [0, 0.1) is 0 Å². The first-order valence-corrected chi connectivity index (χ1v) is 8.58. The van der Waals surface area contributed by atoms with E-state index in [-0.39, 0.29) is 6.04 Å². The van der Waals surface area contributed by atoms with Gasteiger partial charge in [0, 0.05) is 15.9 Å². The molecule has 2 nitrogen and oxygen atoms in total. The summed E-state index contributed by atoms with van der Waals surface area (Å²) in [6.07, 6.45) is 1.87. The topological polar surface area (TPSA) is 21.3 Å². The first-order chi connectivity index (χ1) is 10.2. The first kappa shape index (κ1) is 16.6. The molecule has 0 aliphatic carbocycles. The fourth-order valence-electron chi connectivity index (χ4n) is 2.26. The molecule has 0 bridgehead atoms. The lowest BCUT2D eigenvalue weighted by atomic mass is 10.0. The highest BCUT2D eigenvalue weighted by Gasteiger charge is 2.18. The molecule has 2 aromatic rings. The molecule has 0 amide bonds. The fourth-order valence-corrected chi connectivity index (χ4v) is 3.72. The second-order valence-electron chi connectivity index (χ2n) is 4.80. The normalized spacial score (nSPS) is 12.4. The van der Waals surface area contributed by atoms with Gasteiger partial charge in [-0.05, 0) is 54.6 Å². The Morgan fingerprint density at radius 1 is 1.29 bits per heavy atom. The van der Waals surface area contributed by atoms with Crippen LogP contribution < -0.4 is 10.1 Å². The summed E-state index contributed by atoms with van der Waals surface area (Å²) in [4.78, 5) is 1.16. The summed E-state index contributed by atoms with van der Waals surface area (Å²) in [5.74, 6) is 0.857. The van der Waals surface area contributed by atoms with Crippen LogP contribution in [0.1, 0.15) is 29.8 Å². The largest absolute Gasteiger partial charge is 0.496 e. The Kier molecular flexibility index (Phi) is 6.37. The van der Waals surface area contributed by atoms with Gasteiger partial charge in [-0.2, -0.15) is 0 Å². The standard InChI is InChI=1S/C16H19Cl2NOS/c1-3-7-19-14(16-13(18)6-8-21-16)10-11-9-12(17)4-5-15(11)20-2/h4-6,8-9,14,19H,3,7,10H2,1-2H3. The number of halogens is 2. The number of hydrogen-bond acceptors (Lipinski definition) is 3. The molecule has 114 valence electrons. The molecular weight excluding hydrogens is 325 g/mol. The van der Waals surface area contributed by atoms with Crippen LogP contribution in [0.25, 0.3) is 0 Å². The van der Waals surface area contributed by atoms with Crippen LogP contribution in [-0.2, 0) is 6.42 Å². The molecule has 1 N–H and O–H groups in total. The van der Waals surface area contributed by atoms with Crippen LogP contribution in [-0.4, -0.2) is 13.7 Å². The lowest BCUT2D eigenvalue weighted by Crippen LogP contribution is -2.23. The van der Waals surface area contributed by atoms with E-state index in [1.807, 2.05) is 29.6 Å². The molecule has 1 heterocycles. The third-order valence-corrected chi connectivity index (χ3v) is 4.98. The maximum Gasteiger partial charge on any atom is 0.122 e. The van der Waals surface area contributed by atoms with Gasteiger partial charge in [-0.1, -0.05) is 30.1 Å². The maximum absolute atomic E-state index is 6.30. The van der Waals surface area contributed by atoms with Crippen molar-refractivity contribution in [2.45, 2.75) is 25.8 Å². The highest BCUT2D eigenvalue weighted by Crippen LogP contribution is 2.33. The van der Waals surface area contributed by atoms with Crippen molar-refractivity contribution >= 4 is 34.5 Å². The SMILES string of the molecule is CCCNC(Cc1cc(Cl)ccc1OC)c1sccc1Cl. The molecule has 0 aliphatic rings. The van der Waals surface area contributed by atoms with Gasteiger partial charge in [-0.3, -0.25) is 0 Å². The molecule has 0 fully saturated rings. The number of rotatable bonds is 7. The predicted molar refractivity (Wildman–Crippen MR) is 92.1 cm³/mol. The smallest absolute Gasteiger partial charge is 0.122 e. The Labute approximate surface area is 140 Å². The van der Waals surface area contributed by atoms with Crippen molar-refractivity contribution in [2.75, 3.05) is 13.7 Å². The van der Waals surface area contributed by atoms with E-state index < -0.39 is 0 Å². The zero-order chi connectivity index (χ0) is 15.2. The molecule has 0 radical (unpaired) electrons. The van der Waals surface area contributed by atoms with Crippen molar-refractivity contribution in [3.05, 3.63) is 50.1 Å². The highest BCUT2D eigenvalue weighted by atomic mass is 35.5. The molecule has 1 aromatic heterocycles. The molecule has 0 saturated carbocycles. The Hall–Kier alpha value is -0.740. The molecule has 21 heavy (non-hydrogen) atoms. The number of nitrogens with one attached hydrogen (secondary N) is 1. The van der Waals surface area contributed by atoms with Crippen molar-refractivity contribution in [1.29, 1.82) is 0 Å². The first-order valence-electron chi connectivity index (χ1n) is 6.94. The molecule has 0 saturated heterocycles. The lowest BCUT2D eigenvalue weighted by Gasteiger charge is -2.19. The van der Waals surface area contributed by atoms with Crippen LogP contribution in [0.15, 0.2) is 29.6 Å². The van der Waals surface area contributed by atoms with Crippen LogP contribution in [0.5, 0.6) is 5.75 Å². The zero-order valence-electron chi connectivity index (χ0n) is 12.2. The van der Waals surface area contributed by atoms with Crippen LogP contribution >= 0.6 is 34.5 Å². The van der Waals surface area contributed by atoms with Gasteiger partial charge in [0.1, 0.15) is 5.75 Å². The molecule has 0 spiro atoms. The minimum atomic E-state index is 0.171. The molecule has 1 aromatic carbocycles. The number of benzene rings is 1. The monoisotopic (exact) mass is 343 g/mol. The highest BCUT2D eigenvalue weighted by molar-refractivity contribution is 7.10. The summed E-state index contributed by atoms with van der Waals surface area (Å²) in [5.41, 5.74) is 1.09. The summed E-state index contributed by atoms with van der Waals surface area (Å²) in [5, 5.41) is 7.11. The van der Waals surface area contributed by atoms with E-state index in [9.17, 15) is 0 Å². The van der Waals surface area contributed by atoms with E-state index in [2.05, 4.69) is 12.2 Å². The summed E-state index contributed by atoms with van der Waals surface area (Å²) in [6.45, 7) is 3.10. The molecule has 5 heteroatoms. The summed E-state index contributed by atoms with van der Waals surface area (Å²) >= 11 is 14.1. The van der Waals surface area contributed by atoms with Crippen molar-refractivity contribution in [2.24, 2.45) is 0 Å². The van der Waals surface area contributed by atoms with E-state index in [4.69, 9.17) is 27.9 Å². The number of hydrogen-bond donors (Lipinski definition) is 1. The number of methoxy groups -OCH3 is 1. The lowest BCUT2D eigenvalue weighted by molar-refractivity contribution is 0.405. The fraction of sp³-hybridized carbons (Fsp3) is 0.375. The van der Waals surface area contributed by atoms with Gasteiger partial charge < -0.3 is 10.1 Å². The third kappa shape index (κ3) is 4.36. The van der Waals surface area contributed by atoms with Gasteiger partial charge in [0.2, 0.25) is 0 Å². The summed E-state index contributed by atoms with van der Waals surface area (Å²) in [7, 11) is 1.68. The molecule has 0 aliphatic heterocycles. The van der Waals surface area contributed by atoms with Crippen molar-refractivity contribution < 1.29 is 4.74 Å². The molecular formula is C16H19Cl2NOS. The van der Waals surface area contributed by atoms with Crippen molar-refractivity contribution in [1.82, 2.24) is 5.32 Å². The molecule has 1 unspecified atom stereocenters. The van der Waals surface area contributed by atoms with Crippen LogP contribution in [0.3, 0.4) is 0 Å². The minimum Gasteiger partial charge on any atom is -0.496 e. The summed E-state index contributed by atoms with van der Waals surface area (Å²) < 4.78 is 5.44. The van der Waals surface area contributed by atoms with E-state index >= 15 is 0 Å². The second-order valence-corrected chi connectivity index (χ2v) is 6.59. The van der Waals surface area contributed by atoms with Crippen molar-refractivity contribution in [3.8, 4) is 5.75 Å². The predicted octanol–water partition coefficient (Wildman–Crippen LogP) is 5.35. The van der Waals surface area contributed by atoms with Gasteiger partial charge in [0.05, 0.1) is 12.1 Å². The summed E-state index contributed by atoms with van der Waals surface area (Å²) in [6, 6.07) is 7.82. The zero-order valence-corrected chi connectivity index (χ0v) is 14.5. The second kappa shape index (κ2) is 8.04. The van der Waals surface area contributed by atoms with Gasteiger partial charge in [-0.15, -0.1) is 11.3 Å². The average Bonchev–Trinajstić information content (AvgIpc) is 2.90. The van der Waals surface area contributed by atoms with Gasteiger partial charge >= 0.3 is 0 Å². The maximum atomic E-state index is 6.30. The average molecular weight is 344 g/mol. The Morgan fingerprint density at radius 2 is 2.10 bits per heavy atom. The number of thiophene rings is 1. The number of ether oxygens (including phenoxy) is 1. The van der Waals surface area contributed by atoms with E-state index in [1.54, 1.807) is 18.4 Å². The van der Waals surface area contributed by atoms with Crippen LogP contribution in [0.2, 0.25) is 10.0 Å². The Morgan fingerprint density at radius 3 is 2.71 bits per heavy atom. The van der Waals surface area contributed by atoms with Crippen LogP contribution in [0.4, 0.5) is 0 Å². The minimum absolute atomic E-state index is 0.171. The Balaban J connectivity index is 2.26. The van der Waals surface area contributed by atoms with Crippen molar-refractivity contribution in [3.63, 3.8) is 0 Å². The molecule has 2 rings (SSSR count). The molecule has 1 atom stereocenters.